The number of carbonyl (C=O) groups excluding carboxylic acids is 1. The van der Waals surface area contributed by atoms with E-state index >= 15 is 0 Å². The first-order valence-electron chi connectivity index (χ1n) is 7.99. The van der Waals surface area contributed by atoms with Crippen LogP contribution in [0.3, 0.4) is 0 Å². The first-order chi connectivity index (χ1) is 13.4. The number of carbonyl (C=O) groups is 2. The number of nitrogens with zero attached hydrogens (tertiary/aromatic N) is 1. The van der Waals surface area contributed by atoms with E-state index in [1.807, 2.05) is 0 Å². The molecule has 0 atom stereocenters. The zero-order valence-electron chi connectivity index (χ0n) is 14.9. The molecule has 0 unspecified atom stereocenters. The molecule has 144 valence electrons. The van der Waals surface area contributed by atoms with Gasteiger partial charge in [-0.3, -0.25) is 4.79 Å². The second-order valence-corrected chi connectivity index (χ2v) is 6.63. The van der Waals surface area contributed by atoms with Crippen LogP contribution < -0.4 is 14.8 Å². The zero-order valence-corrected chi connectivity index (χ0v) is 15.7. The molecule has 0 aliphatic carbocycles. The van der Waals surface area contributed by atoms with Gasteiger partial charge in [-0.05, 0) is 53.7 Å². The Morgan fingerprint density at radius 1 is 1.14 bits per heavy atom. The molecule has 2 aromatic rings. The van der Waals surface area contributed by atoms with E-state index in [1.54, 1.807) is 24.3 Å². The molecule has 1 heterocycles. The van der Waals surface area contributed by atoms with Gasteiger partial charge in [-0.1, -0.05) is 6.07 Å². The fourth-order valence-electron chi connectivity index (χ4n) is 2.46. The number of aromatic carboxylic acids is 1. The van der Waals surface area contributed by atoms with E-state index in [0.717, 1.165) is 17.3 Å². The van der Waals surface area contributed by atoms with Crippen LogP contribution in [0.25, 0.3) is 6.08 Å². The van der Waals surface area contributed by atoms with Crippen LogP contribution in [0.1, 0.15) is 15.9 Å². The minimum absolute atomic E-state index is 0.266. The third-order valence-electron chi connectivity index (χ3n) is 3.80. The Morgan fingerprint density at radius 2 is 1.89 bits per heavy atom. The molecule has 3 rings (SSSR count). The highest BCUT2D eigenvalue weighted by Crippen LogP contribution is 2.32. The Balaban J connectivity index is 1.86. The summed E-state index contributed by atoms with van der Waals surface area (Å²) in [6.45, 7) is 0. The number of hydrogen-bond acceptors (Lipinski definition) is 7. The minimum Gasteiger partial charge on any atom is -0.507 e. The van der Waals surface area contributed by atoms with Crippen molar-refractivity contribution in [1.82, 2.24) is 5.32 Å². The lowest BCUT2D eigenvalue weighted by Crippen LogP contribution is -2.19. The van der Waals surface area contributed by atoms with Crippen LogP contribution in [-0.2, 0) is 4.79 Å². The topological polar surface area (TPSA) is 117 Å². The molecule has 1 aliphatic rings. The summed E-state index contributed by atoms with van der Waals surface area (Å²) in [5.41, 5.74) is 0.775. The number of benzene rings is 2. The highest BCUT2D eigenvalue weighted by Gasteiger charge is 2.24. The van der Waals surface area contributed by atoms with E-state index in [9.17, 15) is 14.7 Å². The number of amidine groups is 1. The molecule has 0 spiro atoms. The van der Waals surface area contributed by atoms with Crippen molar-refractivity contribution in [2.24, 2.45) is 4.99 Å². The van der Waals surface area contributed by atoms with E-state index < -0.39 is 5.97 Å². The lowest BCUT2D eigenvalue weighted by Gasteiger charge is -2.07. The molecule has 0 aromatic heterocycles. The van der Waals surface area contributed by atoms with Gasteiger partial charge in [0.2, 0.25) is 0 Å². The third kappa shape index (κ3) is 4.09. The number of amides is 1. The summed E-state index contributed by atoms with van der Waals surface area (Å²) >= 11 is 1.12. The fourth-order valence-corrected chi connectivity index (χ4v) is 3.30. The summed E-state index contributed by atoms with van der Waals surface area (Å²) in [5.74, 6) is -0.822. The van der Waals surface area contributed by atoms with Crippen molar-refractivity contribution in [3.8, 4) is 17.2 Å². The molecule has 0 saturated carbocycles. The second-order valence-electron chi connectivity index (χ2n) is 5.60. The van der Waals surface area contributed by atoms with Crippen molar-refractivity contribution >= 4 is 40.6 Å². The number of nitrogens with one attached hydrogen (secondary N) is 1. The first-order valence-corrected chi connectivity index (χ1v) is 8.81. The van der Waals surface area contributed by atoms with Gasteiger partial charge in [0.1, 0.15) is 11.3 Å². The Morgan fingerprint density at radius 3 is 2.57 bits per heavy atom. The van der Waals surface area contributed by atoms with Gasteiger partial charge in [-0.2, -0.15) is 0 Å². The normalized spacial score (nSPS) is 16.3. The Hall–Kier alpha value is -3.46. The largest absolute Gasteiger partial charge is 0.507 e. The highest BCUT2D eigenvalue weighted by molar-refractivity contribution is 8.18. The molecule has 9 heteroatoms. The number of phenols is 1. The van der Waals surface area contributed by atoms with Crippen molar-refractivity contribution in [1.29, 1.82) is 0 Å². The number of hydrogen-bond donors (Lipinski definition) is 3. The van der Waals surface area contributed by atoms with Gasteiger partial charge in [0, 0.05) is 0 Å². The SMILES string of the molecule is COc1ccc(/C=C2\SC(=Nc3ccc(O)c(C(=O)O)c3)NC2=O)cc1OC. The standard InChI is InChI=1S/C19H16N2O6S/c1-26-14-6-3-10(7-15(14)27-2)8-16-17(23)21-19(28-16)20-11-4-5-13(22)12(9-11)18(24)25/h3-9,22H,1-2H3,(H,24,25)(H,20,21,23)/b16-8-. The molecule has 1 aliphatic heterocycles. The van der Waals surface area contributed by atoms with Gasteiger partial charge < -0.3 is 25.0 Å². The molecule has 1 fully saturated rings. The minimum atomic E-state index is -1.27. The Labute approximate surface area is 164 Å². The molecule has 2 aromatic carbocycles. The lowest BCUT2D eigenvalue weighted by molar-refractivity contribution is -0.115. The number of aromatic hydroxyl groups is 1. The van der Waals surface area contributed by atoms with Gasteiger partial charge in [-0.15, -0.1) is 0 Å². The van der Waals surface area contributed by atoms with E-state index in [2.05, 4.69) is 10.3 Å². The van der Waals surface area contributed by atoms with Crippen LogP contribution in [0.2, 0.25) is 0 Å². The molecular formula is C19H16N2O6S. The molecule has 3 N–H and O–H groups in total. The summed E-state index contributed by atoms with van der Waals surface area (Å²) < 4.78 is 10.4. The third-order valence-corrected chi connectivity index (χ3v) is 4.71. The molecule has 8 nitrogen and oxygen atoms in total. The van der Waals surface area contributed by atoms with Crippen LogP contribution in [-0.4, -0.2) is 41.5 Å². The van der Waals surface area contributed by atoms with Gasteiger partial charge in [-0.25, -0.2) is 9.79 Å². The van der Waals surface area contributed by atoms with Crippen molar-refractivity contribution in [2.75, 3.05) is 14.2 Å². The maximum atomic E-state index is 12.2. The van der Waals surface area contributed by atoms with E-state index in [4.69, 9.17) is 14.6 Å². The lowest BCUT2D eigenvalue weighted by atomic mass is 10.2. The molecule has 0 radical (unpaired) electrons. The van der Waals surface area contributed by atoms with Gasteiger partial charge in [0.05, 0.1) is 24.8 Å². The summed E-state index contributed by atoms with van der Waals surface area (Å²) in [6, 6.07) is 9.20. The Kier molecular flexibility index (Phi) is 5.55. The number of carboxylic acids is 1. The number of rotatable bonds is 5. The maximum absolute atomic E-state index is 12.2. The molecule has 1 amide bonds. The average molecular weight is 400 g/mol. The summed E-state index contributed by atoms with van der Waals surface area (Å²) in [6.07, 6.45) is 1.68. The molecule has 28 heavy (non-hydrogen) atoms. The van der Waals surface area contributed by atoms with Crippen LogP contribution in [0.5, 0.6) is 17.2 Å². The van der Waals surface area contributed by atoms with E-state index in [0.29, 0.717) is 27.3 Å². The second kappa shape index (κ2) is 8.05. The molecule has 1 saturated heterocycles. The van der Waals surface area contributed by atoms with Gasteiger partial charge >= 0.3 is 5.97 Å². The quantitative estimate of drug-likeness (QED) is 0.661. The monoisotopic (exact) mass is 400 g/mol. The zero-order chi connectivity index (χ0) is 20.3. The van der Waals surface area contributed by atoms with Crippen molar-refractivity contribution in [2.45, 2.75) is 0 Å². The van der Waals surface area contributed by atoms with Gasteiger partial charge in [0.25, 0.3) is 5.91 Å². The van der Waals surface area contributed by atoms with Crippen LogP contribution in [0.15, 0.2) is 46.3 Å². The number of carboxylic acid groups (broad SMARTS) is 1. The summed E-state index contributed by atoms with van der Waals surface area (Å²) in [5, 5.41) is 21.6. The summed E-state index contributed by atoms with van der Waals surface area (Å²) in [4.78, 5) is 28.0. The van der Waals surface area contributed by atoms with E-state index in [-0.39, 0.29) is 17.2 Å². The predicted molar refractivity (Wildman–Crippen MR) is 105 cm³/mol. The first kappa shape index (κ1) is 19.3. The molecular weight excluding hydrogens is 384 g/mol. The number of thioether (sulfide) groups is 1. The fraction of sp³-hybridized carbons (Fsp3) is 0.105. The van der Waals surface area contributed by atoms with Crippen molar-refractivity contribution < 1.29 is 29.3 Å². The Bertz CT molecular complexity index is 1020. The van der Waals surface area contributed by atoms with Gasteiger partial charge in [0.15, 0.2) is 16.7 Å². The smallest absolute Gasteiger partial charge is 0.339 e. The van der Waals surface area contributed by atoms with Crippen LogP contribution >= 0.6 is 11.8 Å². The van der Waals surface area contributed by atoms with Crippen molar-refractivity contribution in [3.05, 3.63) is 52.4 Å². The number of aliphatic imine (C=N–C) groups is 1. The molecule has 0 bridgehead atoms. The summed E-state index contributed by atoms with van der Waals surface area (Å²) in [7, 11) is 3.07. The van der Waals surface area contributed by atoms with Crippen molar-refractivity contribution in [3.63, 3.8) is 0 Å². The van der Waals surface area contributed by atoms with Crippen LogP contribution in [0.4, 0.5) is 5.69 Å². The van der Waals surface area contributed by atoms with Crippen LogP contribution in [0, 0.1) is 0 Å². The predicted octanol–water partition coefficient (Wildman–Crippen LogP) is 3.00. The number of methoxy groups -OCH3 is 2. The number of ether oxygens (including phenoxy) is 2. The highest BCUT2D eigenvalue weighted by atomic mass is 32.2. The van der Waals surface area contributed by atoms with E-state index in [1.165, 1.54) is 32.4 Å². The maximum Gasteiger partial charge on any atom is 0.339 e. The average Bonchev–Trinajstić information content (AvgIpc) is 3.01.